The Morgan fingerprint density at radius 1 is 1.03 bits per heavy atom. The largest absolute Gasteiger partial charge is 0.493 e. The molecule has 1 aliphatic rings. The lowest BCUT2D eigenvalue weighted by Crippen LogP contribution is -2.37. The molecule has 6 nitrogen and oxygen atoms in total. The number of morpholine rings is 1. The second-order valence-corrected chi connectivity index (χ2v) is 8.76. The van der Waals surface area contributed by atoms with Gasteiger partial charge in [0.05, 0.1) is 38.0 Å². The molecule has 6 heteroatoms. The first kappa shape index (κ1) is 24.3. The van der Waals surface area contributed by atoms with E-state index in [4.69, 9.17) is 19.2 Å². The minimum atomic E-state index is 0.663. The first-order valence-corrected chi connectivity index (χ1v) is 12.4. The molecule has 1 saturated heterocycles. The van der Waals surface area contributed by atoms with Crippen molar-refractivity contribution in [3.05, 3.63) is 66.5 Å². The van der Waals surface area contributed by atoms with Gasteiger partial charge in [0.25, 0.3) is 0 Å². The molecular formula is C28H37N3O3. The molecule has 0 N–H and O–H groups in total. The molecule has 2 aromatic carbocycles. The summed E-state index contributed by atoms with van der Waals surface area (Å²) in [7, 11) is 1.69. The maximum atomic E-state index is 6.04. The summed E-state index contributed by atoms with van der Waals surface area (Å²) in [5, 5.41) is 0. The van der Waals surface area contributed by atoms with E-state index in [9.17, 15) is 0 Å². The van der Waals surface area contributed by atoms with E-state index in [1.54, 1.807) is 7.11 Å². The molecular weight excluding hydrogens is 426 g/mol. The number of unbranched alkanes of at least 4 members (excludes halogenated alkanes) is 1. The highest BCUT2D eigenvalue weighted by Gasteiger charge is 2.13. The maximum Gasteiger partial charge on any atom is 0.161 e. The summed E-state index contributed by atoms with van der Waals surface area (Å²) < 4.78 is 19.4. The molecule has 2 heterocycles. The Morgan fingerprint density at radius 3 is 2.71 bits per heavy atom. The Morgan fingerprint density at radius 2 is 1.88 bits per heavy atom. The van der Waals surface area contributed by atoms with Gasteiger partial charge in [-0.2, -0.15) is 0 Å². The smallest absolute Gasteiger partial charge is 0.161 e. The molecule has 0 saturated carbocycles. The van der Waals surface area contributed by atoms with Crippen LogP contribution in [0.2, 0.25) is 0 Å². The second kappa shape index (κ2) is 12.6. The minimum Gasteiger partial charge on any atom is -0.493 e. The number of aryl methyl sites for hydroxylation is 2. The first-order chi connectivity index (χ1) is 16.8. The van der Waals surface area contributed by atoms with Gasteiger partial charge in [-0.05, 0) is 62.1 Å². The molecule has 1 fully saturated rings. The SMILES string of the molecule is C=CCc1ccc(OCCCCn2c(CCCN3CCOCC3)nc3ccccc32)c(OC)c1. The monoisotopic (exact) mass is 463 g/mol. The molecule has 0 bridgehead atoms. The van der Waals surface area contributed by atoms with Crippen LogP contribution in [0, 0.1) is 0 Å². The van der Waals surface area contributed by atoms with Crippen LogP contribution in [0.3, 0.4) is 0 Å². The van der Waals surface area contributed by atoms with Gasteiger partial charge in [0.15, 0.2) is 11.5 Å². The number of methoxy groups -OCH3 is 1. The third-order valence-electron chi connectivity index (χ3n) is 6.35. The number of imidazole rings is 1. The molecule has 1 aromatic heterocycles. The maximum absolute atomic E-state index is 6.04. The summed E-state index contributed by atoms with van der Waals surface area (Å²) in [5.41, 5.74) is 3.49. The molecule has 34 heavy (non-hydrogen) atoms. The molecule has 4 rings (SSSR count). The Labute approximate surface area is 203 Å². The Kier molecular flexibility index (Phi) is 8.99. The fourth-order valence-corrected chi connectivity index (χ4v) is 4.53. The van der Waals surface area contributed by atoms with Crippen LogP contribution in [0.25, 0.3) is 11.0 Å². The number of nitrogens with zero attached hydrogens (tertiary/aromatic N) is 3. The fraction of sp³-hybridized carbons (Fsp3) is 0.464. The molecule has 3 aromatic rings. The molecule has 1 aliphatic heterocycles. The molecule has 0 atom stereocenters. The highest BCUT2D eigenvalue weighted by Crippen LogP contribution is 2.28. The number of fused-ring (bicyclic) bond motifs is 1. The molecule has 0 radical (unpaired) electrons. The topological polar surface area (TPSA) is 48.8 Å². The van der Waals surface area contributed by atoms with Crippen molar-refractivity contribution in [2.24, 2.45) is 0 Å². The van der Waals surface area contributed by atoms with Crippen LogP contribution in [-0.4, -0.2) is 61.0 Å². The van der Waals surface area contributed by atoms with E-state index in [0.29, 0.717) is 6.61 Å². The lowest BCUT2D eigenvalue weighted by molar-refractivity contribution is 0.0374. The number of hydrogen-bond donors (Lipinski definition) is 0. The van der Waals surface area contributed by atoms with E-state index in [-0.39, 0.29) is 0 Å². The van der Waals surface area contributed by atoms with E-state index in [1.165, 1.54) is 16.9 Å². The number of benzene rings is 2. The third kappa shape index (κ3) is 6.39. The van der Waals surface area contributed by atoms with Gasteiger partial charge in [-0.15, -0.1) is 6.58 Å². The van der Waals surface area contributed by atoms with E-state index >= 15 is 0 Å². The van der Waals surface area contributed by atoms with Crippen LogP contribution in [0.5, 0.6) is 11.5 Å². The van der Waals surface area contributed by atoms with Gasteiger partial charge in [-0.25, -0.2) is 4.98 Å². The average Bonchev–Trinajstić information content (AvgIpc) is 3.22. The quantitative estimate of drug-likeness (QED) is 0.267. The molecule has 0 spiro atoms. The summed E-state index contributed by atoms with van der Waals surface area (Å²) in [6, 6.07) is 14.6. The number of aromatic nitrogens is 2. The van der Waals surface area contributed by atoms with Crippen LogP contribution in [0.1, 0.15) is 30.7 Å². The van der Waals surface area contributed by atoms with Crippen LogP contribution < -0.4 is 9.47 Å². The average molecular weight is 464 g/mol. The summed E-state index contributed by atoms with van der Waals surface area (Å²) in [5.74, 6) is 2.77. The van der Waals surface area contributed by atoms with Gasteiger partial charge in [-0.1, -0.05) is 24.3 Å². The molecule has 0 unspecified atom stereocenters. The normalized spacial score (nSPS) is 14.4. The van der Waals surface area contributed by atoms with Crippen LogP contribution in [-0.2, 0) is 24.1 Å². The highest BCUT2D eigenvalue weighted by molar-refractivity contribution is 5.75. The number of ether oxygens (including phenoxy) is 3. The predicted octanol–water partition coefficient (Wildman–Crippen LogP) is 4.90. The van der Waals surface area contributed by atoms with Gasteiger partial charge in [-0.3, -0.25) is 4.90 Å². The van der Waals surface area contributed by atoms with Gasteiger partial charge < -0.3 is 18.8 Å². The molecule has 0 amide bonds. The van der Waals surface area contributed by atoms with E-state index in [0.717, 1.165) is 88.5 Å². The van der Waals surface area contributed by atoms with Crippen molar-refractivity contribution >= 4 is 11.0 Å². The Balaban J connectivity index is 1.30. The third-order valence-corrected chi connectivity index (χ3v) is 6.35. The summed E-state index contributed by atoms with van der Waals surface area (Å²) >= 11 is 0. The van der Waals surface area contributed by atoms with E-state index < -0.39 is 0 Å². The molecule has 182 valence electrons. The van der Waals surface area contributed by atoms with Crippen molar-refractivity contribution in [2.45, 2.75) is 38.6 Å². The first-order valence-electron chi connectivity index (χ1n) is 12.4. The zero-order valence-electron chi connectivity index (χ0n) is 20.4. The summed E-state index contributed by atoms with van der Waals surface area (Å²) in [4.78, 5) is 7.44. The summed E-state index contributed by atoms with van der Waals surface area (Å²) in [6.45, 7) is 10.3. The van der Waals surface area contributed by atoms with Gasteiger partial charge in [0, 0.05) is 26.1 Å². The Hall–Kier alpha value is -2.83. The van der Waals surface area contributed by atoms with Crippen LogP contribution in [0.4, 0.5) is 0 Å². The van der Waals surface area contributed by atoms with Crippen LogP contribution >= 0.6 is 0 Å². The minimum absolute atomic E-state index is 0.663. The standard InChI is InChI=1S/C28H37N3O3/c1-3-9-23-13-14-26(27(22-23)32-2)34-19-7-6-16-31-25-11-5-4-10-24(25)29-28(31)12-8-15-30-17-20-33-21-18-30/h3-5,10-11,13-14,22H,1,6-9,12,15-21H2,2H3. The van der Waals surface area contributed by atoms with Crippen molar-refractivity contribution in [3.63, 3.8) is 0 Å². The van der Waals surface area contributed by atoms with Gasteiger partial charge in [0.2, 0.25) is 0 Å². The molecule has 0 aliphatic carbocycles. The highest BCUT2D eigenvalue weighted by atomic mass is 16.5. The fourth-order valence-electron chi connectivity index (χ4n) is 4.53. The van der Waals surface area contributed by atoms with E-state index in [2.05, 4.69) is 46.4 Å². The second-order valence-electron chi connectivity index (χ2n) is 8.76. The zero-order chi connectivity index (χ0) is 23.6. The lowest BCUT2D eigenvalue weighted by Gasteiger charge is -2.26. The van der Waals surface area contributed by atoms with Gasteiger partial charge in [0.1, 0.15) is 5.82 Å². The van der Waals surface area contributed by atoms with Crippen molar-refractivity contribution in [3.8, 4) is 11.5 Å². The summed E-state index contributed by atoms with van der Waals surface area (Å²) in [6.07, 6.45) is 6.84. The van der Waals surface area contributed by atoms with Crippen molar-refractivity contribution in [2.75, 3.05) is 46.6 Å². The Bertz CT molecular complexity index is 1060. The number of rotatable bonds is 13. The predicted molar refractivity (Wildman–Crippen MR) is 137 cm³/mol. The number of allylic oxidation sites excluding steroid dienone is 1. The lowest BCUT2D eigenvalue weighted by atomic mass is 10.1. The van der Waals surface area contributed by atoms with E-state index in [1.807, 2.05) is 18.2 Å². The number of para-hydroxylation sites is 2. The van der Waals surface area contributed by atoms with Crippen molar-refractivity contribution in [1.82, 2.24) is 14.5 Å². The van der Waals surface area contributed by atoms with Gasteiger partial charge >= 0.3 is 0 Å². The zero-order valence-corrected chi connectivity index (χ0v) is 20.4. The van der Waals surface area contributed by atoms with Crippen molar-refractivity contribution in [1.29, 1.82) is 0 Å². The number of hydrogen-bond acceptors (Lipinski definition) is 5. The van der Waals surface area contributed by atoms with Crippen LogP contribution in [0.15, 0.2) is 55.1 Å². The van der Waals surface area contributed by atoms with Crippen molar-refractivity contribution < 1.29 is 14.2 Å².